The maximum absolute atomic E-state index is 6.06. The summed E-state index contributed by atoms with van der Waals surface area (Å²) < 4.78 is 0. The molecule has 0 aliphatic heterocycles. The molecule has 0 saturated heterocycles. The van der Waals surface area contributed by atoms with Crippen molar-refractivity contribution in [2.75, 3.05) is 12.3 Å². The fourth-order valence-electron chi connectivity index (χ4n) is 2.37. The van der Waals surface area contributed by atoms with Crippen molar-refractivity contribution in [2.45, 2.75) is 39.8 Å². The molecule has 3 heteroatoms. The maximum atomic E-state index is 6.06. The number of benzene rings is 1. The van der Waals surface area contributed by atoms with E-state index < -0.39 is 0 Å². The predicted molar refractivity (Wildman–Crippen MR) is 89.0 cm³/mol. The molecule has 0 atom stereocenters. The van der Waals surface area contributed by atoms with Crippen LogP contribution in [0.5, 0.6) is 0 Å². The van der Waals surface area contributed by atoms with Crippen LogP contribution in [0, 0.1) is 0 Å². The molecule has 0 fully saturated rings. The fourth-order valence-corrected chi connectivity index (χ4v) is 3.37. The Bertz CT molecular complexity index is 533. The van der Waals surface area contributed by atoms with Gasteiger partial charge in [0.1, 0.15) is 0 Å². The Labute approximate surface area is 126 Å². The molecular weight excluding hydrogens is 264 g/mol. The summed E-state index contributed by atoms with van der Waals surface area (Å²) in [5, 5.41) is 0. The summed E-state index contributed by atoms with van der Waals surface area (Å²) in [6.45, 7) is 7.50. The van der Waals surface area contributed by atoms with Crippen LogP contribution >= 0.6 is 11.3 Å². The number of thiophene rings is 1. The minimum absolute atomic E-state index is 0.897. The Morgan fingerprint density at radius 1 is 1.00 bits per heavy atom. The average molecular weight is 288 g/mol. The number of nitrogens with two attached hydrogens (primary N) is 1. The van der Waals surface area contributed by atoms with Crippen LogP contribution in [0.15, 0.2) is 36.4 Å². The molecule has 108 valence electrons. The molecule has 0 radical (unpaired) electrons. The first-order chi connectivity index (χ1) is 9.72. The van der Waals surface area contributed by atoms with Crippen LogP contribution in [0.4, 0.5) is 5.69 Å². The Morgan fingerprint density at radius 3 is 2.40 bits per heavy atom. The standard InChI is InChI=1S/C17H24N2S/c1-3-11-19(12-14-7-5-6-8-17(14)18)13-16-10-9-15(4-2)20-16/h5-10H,3-4,11-13,18H2,1-2H3. The predicted octanol–water partition coefficient (Wildman–Crippen LogP) is 4.30. The van der Waals surface area contributed by atoms with Gasteiger partial charge in [-0.1, -0.05) is 32.0 Å². The number of anilines is 1. The van der Waals surface area contributed by atoms with Crippen molar-refractivity contribution >= 4 is 17.0 Å². The Balaban J connectivity index is 2.05. The number of nitrogens with zero attached hydrogens (tertiary/aromatic N) is 1. The van der Waals surface area contributed by atoms with Gasteiger partial charge in [-0.25, -0.2) is 0 Å². The highest BCUT2D eigenvalue weighted by Gasteiger charge is 2.09. The lowest BCUT2D eigenvalue weighted by Gasteiger charge is -2.21. The molecular formula is C17H24N2S. The second-order valence-corrected chi connectivity index (χ2v) is 6.38. The third-order valence-corrected chi connectivity index (χ3v) is 4.65. The monoisotopic (exact) mass is 288 g/mol. The van der Waals surface area contributed by atoms with Crippen LogP contribution in [0.25, 0.3) is 0 Å². The van der Waals surface area contributed by atoms with Gasteiger partial charge in [0, 0.05) is 28.5 Å². The molecule has 0 saturated carbocycles. The summed E-state index contributed by atoms with van der Waals surface area (Å²) in [4.78, 5) is 5.40. The second kappa shape index (κ2) is 7.46. The fraction of sp³-hybridized carbons (Fsp3) is 0.412. The molecule has 0 unspecified atom stereocenters. The van der Waals surface area contributed by atoms with Gasteiger partial charge in [-0.15, -0.1) is 11.3 Å². The summed E-state index contributed by atoms with van der Waals surface area (Å²) in [6, 6.07) is 12.7. The first-order valence-corrected chi connectivity index (χ1v) is 8.18. The van der Waals surface area contributed by atoms with E-state index in [1.807, 2.05) is 23.5 Å². The maximum Gasteiger partial charge on any atom is 0.0359 e. The largest absolute Gasteiger partial charge is 0.398 e. The number of nitrogen functional groups attached to an aromatic ring is 1. The van der Waals surface area contributed by atoms with Crippen LogP contribution in [0.3, 0.4) is 0 Å². The summed E-state index contributed by atoms with van der Waals surface area (Å²) >= 11 is 1.93. The van der Waals surface area contributed by atoms with Crippen molar-refractivity contribution in [3.05, 3.63) is 51.7 Å². The zero-order valence-electron chi connectivity index (χ0n) is 12.4. The Kier molecular flexibility index (Phi) is 5.62. The number of hydrogen-bond donors (Lipinski definition) is 1. The van der Waals surface area contributed by atoms with Crippen molar-refractivity contribution in [3.63, 3.8) is 0 Å². The molecule has 0 amide bonds. The lowest BCUT2D eigenvalue weighted by molar-refractivity contribution is 0.260. The molecule has 20 heavy (non-hydrogen) atoms. The lowest BCUT2D eigenvalue weighted by atomic mass is 10.1. The van der Waals surface area contributed by atoms with Crippen molar-refractivity contribution in [1.29, 1.82) is 0 Å². The SMILES string of the molecule is CCCN(Cc1ccc(CC)s1)Cc1ccccc1N. The van der Waals surface area contributed by atoms with Crippen LogP contribution in [0.1, 0.15) is 35.6 Å². The van der Waals surface area contributed by atoms with Crippen molar-refractivity contribution in [1.82, 2.24) is 4.90 Å². The van der Waals surface area contributed by atoms with Crippen LogP contribution < -0.4 is 5.73 Å². The second-order valence-electron chi connectivity index (χ2n) is 5.13. The van der Waals surface area contributed by atoms with E-state index in [2.05, 4.69) is 43.0 Å². The van der Waals surface area contributed by atoms with Gasteiger partial charge >= 0.3 is 0 Å². The quantitative estimate of drug-likeness (QED) is 0.769. The van der Waals surface area contributed by atoms with Crippen LogP contribution in [0.2, 0.25) is 0 Å². The minimum Gasteiger partial charge on any atom is -0.398 e. The highest BCUT2D eigenvalue weighted by molar-refractivity contribution is 7.11. The molecule has 0 bridgehead atoms. The lowest BCUT2D eigenvalue weighted by Crippen LogP contribution is -2.23. The smallest absolute Gasteiger partial charge is 0.0359 e. The number of hydrogen-bond acceptors (Lipinski definition) is 3. The van der Waals surface area contributed by atoms with Crippen molar-refractivity contribution < 1.29 is 0 Å². The van der Waals surface area contributed by atoms with Gasteiger partial charge in [-0.2, -0.15) is 0 Å². The third kappa shape index (κ3) is 4.09. The molecule has 1 aromatic heterocycles. The molecule has 2 N–H and O–H groups in total. The zero-order chi connectivity index (χ0) is 14.4. The summed E-state index contributed by atoms with van der Waals surface area (Å²) in [7, 11) is 0. The first kappa shape index (κ1) is 15.1. The number of para-hydroxylation sites is 1. The highest BCUT2D eigenvalue weighted by Crippen LogP contribution is 2.21. The van der Waals surface area contributed by atoms with E-state index in [1.54, 1.807) is 0 Å². The molecule has 0 aliphatic rings. The number of aryl methyl sites for hydroxylation is 1. The summed E-state index contributed by atoms with van der Waals surface area (Å²) in [6.07, 6.45) is 2.29. The van der Waals surface area contributed by atoms with Crippen LogP contribution in [-0.4, -0.2) is 11.4 Å². The topological polar surface area (TPSA) is 29.3 Å². The van der Waals surface area contributed by atoms with Gasteiger partial charge in [0.15, 0.2) is 0 Å². The van der Waals surface area contributed by atoms with E-state index >= 15 is 0 Å². The van der Waals surface area contributed by atoms with Crippen LogP contribution in [-0.2, 0) is 19.5 Å². The molecule has 1 heterocycles. The van der Waals surface area contributed by atoms with E-state index in [0.29, 0.717) is 0 Å². The Hall–Kier alpha value is -1.32. The van der Waals surface area contributed by atoms with Gasteiger partial charge in [-0.3, -0.25) is 4.90 Å². The van der Waals surface area contributed by atoms with Gasteiger partial charge < -0.3 is 5.73 Å². The minimum atomic E-state index is 0.897. The first-order valence-electron chi connectivity index (χ1n) is 7.36. The van der Waals surface area contributed by atoms with Crippen molar-refractivity contribution in [2.24, 2.45) is 0 Å². The molecule has 0 spiro atoms. The van der Waals surface area contributed by atoms with E-state index in [1.165, 1.54) is 21.7 Å². The van der Waals surface area contributed by atoms with E-state index in [-0.39, 0.29) is 0 Å². The van der Waals surface area contributed by atoms with Gasteiger partial charge in [0.25, 0.3) is 0 Å². The Morgan fingerprint density at radius 2 is 1.75 bits per heavy atom. The summed E-state index contributed by atoms with van der Waals surface area (Å²) in [5.74, 6) is 0. The van der Waals surface area contributed by atoms with E-state index in [9.17, 15) is 0 Å². The third-order valence-electron chi connectivity index (χ3n) is 3.43. The van der Waals surface area contributed by atoms with Gasteiger partial charge in [0.05, 0.1) is 0 Å². The summed E-state index contributed by atoms with van der Waals surface area (Å²) in [5.41, 5.74) is 8.19. The van der Waals surface area contributed by atoms with Gasteiger partial charge in [0.2, 0.25) is 0 Å². The van der Waals surface area contributed by atoms with Crippen molar-refractivity contribution in [3.8, 4) is 0 Å². The zero-order valence-corrected chi connectivity index (χ0v) is 13.2. The molecule has 0 aliphatic carbocycles. The van der Waals surface area contributed by atoms with Gasteiger partial charge in [-0.05, 0) is 43.1 Å². The molecule has 2 nitrogen and oxygen atoms in total. The molecule has 2 aromatic rings. The van der Waals surface area contributed by atoms with E-state index in [4.69, 9.17) is 5.73 Å². The number of rotatable bonds is 7. The molecule has 2 rings (SSSR count). The normalized spacial score (nSPS) is 11.2. The highest BCUT2D eigenvalue weighted by atomic mass is 32.1. The molecule has 1 aromatic carbocycles. The van der Waals surface area contributed by atoms with E-state index in [0.717, 1.165) is 31.7 Å². The average Bonchev–Trinajstić information content (AvgIpc) is 2.89.